The van der Waals surface area contributed by atoms with E-state index in [1.165, 1.54) is 12.8 Å². The van der Waals surface area contributed by atoms with Gasteiger partial charge in [-0.3, -0.25) is 0 Å². The maximum absolute atomic E-state index is 5.09. The molecule has 1 aliphatic heterocycles. The number of nitrogens with one attached hydrogen (secondary N) is 2. The van der Waals surface area contributed by atoms with Crippen LogP contribution in [0.25, 0.3) is 0 Å². The lowest BCUT2D eigenvalue weighted by atomic mass is 9.98. The summed E-state index contributed by atoms with van der Waals surface area (Å²) in [6.45, 7) is 3.28. The second kappa shape index (κ2) is 5.70. The van der Waals surface area contributed by atoms with Gasteiger partial charge in [-0.15, -0.1) is 0 Å². The van der Waals surface area contributed by atoms with Gasteiger partial charge in [0.2, 0.25) is 5.88 Å². The molecule has 0 aliphatic carbocycles. The first-order chi connectivity index (χ1) is 7.88. The molecule has 0 aromatic carbocycles. The molecule has 0 amide bonds. The number of aromatic nitrogens is 1. The quantitative estimate of drug-likeness (QED) is 0.809. The van der Waals surface area contributed by atoms with Gasteiger partial charge in [0.25, 0.3) is 0 Å². The molecule has 0 radical (unpaired) electrons. The molecule has 1 aromatic rings. The van der Waals surface area contributed by atoms with E-state index in [1.807, 2.05) is 18.2 Å². The van der Waals surface area contributed by atoms with Crippen molar-refractivity contribution in [3.8, 4) is 5.88 Å². The molecule has 1 saturated heterocycles. The van der Waals surface area contributed by atoms with Crippen LogP contribution in [-0.4, -0.2) is 31.7 Å². The summed E-state index contributed by atoms with van der Waals surface area (Å²) in [5.74, 6) is 2.32. The summed E-state index contributed by atoms with van der Waals surface area (Å²) in [5.41, 5.74) is 0. The summed E-state index contributed by atoms with van der Waals surface area (Å²) in [5, 5.41) is 6.74. The highest BCUT2D eigenvalue weighted by Crippen LogP contribution is 2.14. The monoisotopic (exact) mass is 221 g/mol. The van der Waals surface area contributed by atoms with Gasteiger partial charge >= 0.3 is 0 Å². The van der Waals surface area contributed by atoms with Crippen molar-refractivity contribution in [1.29, 1.82) is 0 Å². The zero-order valence-electron chi connectivity index (χ0n) is 9.70. The van der Waals surface area contributed by atoms with Crippen LogP contribution in [0.3, 0.4) is 0 Å². The average molecular weight is 221 g/mol. The Kier molecular flexibility index (Phi) is 3.99. The smallest absolute Gasteiger partial charge is 0.214 e. The highest BCUT2D eigenvalue weighted by atomic mass is 16.5. The van der Waals surface area contributed by atoms with Crippen LogP contribution >= 0.6 is 0 Å². The van der Waals surface area contributed by atoms with Crippen LogP contribution in [0.5, 0.6) is 5.88 Å². The molecular weight excluding hydrogens is 202 g/mol. The Hall–Kier alpha value is -1.29. The molecule has 4 nitrogen and oxygen atoms in total. The molecule has 0 spiro atoms. The summed E-state index contributed by atoms with van der Waals surface area (Å²) in [4.78, 5) is 4.33. The predicted molar refractivity (Wildman–Crippen MR) is 64.9 cm³/mol. The van der Waals surface area contributed by atoms with Crippen LogP contribution in [0.4, 0.5) is 5.82 Å². The summed E-state index contributed by atoms with van der Waals surface area (Å²) < 4.78 is 5.09. The Morgan fingerprint density at radius 2 is 2.25 bits per heavy atom. The van der Waals surface area contributed by atoms with Crippen molar-refractivity contribution in [2.45, 2.75) is 12.8 Å². The van der Waals surface area contributed by atoms with Gasteiger partial charge in [0.15, 0.2) is 0 Å². The van der Waals surface area contributed by atoms with Crippen molar-refractivity contribution in [2.75, 3.05) is 32.1 Å². The number of rotatable bonds is 4. The molecule has 0 saturated carbocycles. The first kappa shape index (κ1) is 11.2. The third-order valence-electron chi connectivity index (χ3n) is 2.96. The second-order valence-electron chi connectivity index (χ2n) is 4.14. The minimum atomic E-state index is 0.662. The first-order valence-corrected chi connectivity index (χ1v) is 5.84. The van der Waals surface area contributed by atoms with Crippen molar-refractivity contribution >= 4 is 5.82 Å². The molecule has 1 fully saturated rings. The Morgan fingerprint density at radius 3 is 3.00 bits per heavy atom. The third-order valence-corrected chi connectivity index (χ3v) is 2.96. The van der Waals surface area contributed by atoms with E-state index in [0.717, 1.165) is 31.4 Å². The van der Waals surface area contributed by atoms with Crippen molar-refractivity contribution in [3.05, 3.63) is 18.2 Å². The second-order valence-corrected chi connectivity index (χ2v) is 4.14. The van der Waals surface area contributed by atoms with E-state index in [0.29, 0.717) is 5.88 Å². The number of piperidine rings is 1. The van der Waals surface area contributed by atoms with Gasteiger partial charge < -0.3 is 15.4 Å². The fraction of sp³-hybridized carbons (Fsp3) is 0.583. The molecule has 16 heavy (non-hydrogen) atoms. The number of nitrogens with zero attached hydrogens (tertiary/aromatic N) is 1. The van der Waals surface area contributed by atoms with Gasteiger partial charge in [-0.2, -0.15) is 4.98 Å². The fourth-order valence-electron chi connectivity index (χ4n) is 1.96. The lowest BCUT2D eigenvalue weighted by Crippen LogP contribution is -2.31. The van der Waals surface area contributed by atoms with Gasteiger partial charge in [-0.25, -0.2) is 0 Å². The number of anilines is 1. The van der Waals surface area contributed by atoms with Crippen molar-refractivity contribution in [1.82, 2.24) is 10.3 Å². The average Bonchev–Trinajstić information content (AvgIpc) is 2.38. The first-order valence-electron chi connectivity index (χ1n) is 5.84. The number of hydrogen-bond donors (Lipinski definition) is 2. The summed E-state index contributed by atoms with van der Waals surface area (Å²) in [6.07, 6.45) is 2.49. The third kappa shape index (κ3) is 3.10. The van der Waals surface area contributed by atoms with E-state index in [9.17, 15) is 0 Å². The zero-order chi connectivity index (χ0) is 11.2. The van der Waals surface area contributed by atoms with Crippen molar-refractivity contribution < 1.29 is 4.74 Å². The summed E-state index contributed by atoms with van der Waals surface area (Å²) in [6, 6.07) is 5.79. The summed E-state index contributed by atoms with van der Waals surface area (Å²) >= 11 is 0. The number of pyridine rings is 1. The van der Waals surface area contributed by atoms with Gasteiger partial charge in [0.05, 0.1) is 7.11 Å². The van der Waals surface area contributed by atoms with E-state index in [-0.39, 0.29) is 0 Å². The van der Waals surface area contributed by atoms with E-state index < -0.39 is 0 Å². The SMILES string of the molecule is COc1cccc(NCC2CCNCC2)n1. The molecule has 2 rings (SSSR count). The largest absolute Gasteiger partial charge is 0.481 e. The Morgan fingerprint density at radius 1 is 1.44 bits per heavy atom. The van der Waals surface area contributed by atoms with Crippen molar-refractivity contribution in [2.24, 2.45) is 5.92 Å². The maximum Gasteiger partial charge on any atom is 0.214 e. The highest BCUT2D eigenvalue weighted by Gasteiger charge is 2.12. The number of hydrogen-bond acceptors (Lipinski definition) is 4. The molecule has 4 heteroatoms. The Bertz CT molecular complexity index is 324. The van der Waals surface area contributed by atoms with Gasteiger partial charge in [0, 0.05) is 12.6 Å². The lowest BCUT2D eigenvalue weighted by Gasteiger charge is -2.22. The van der Waals surface area contributed by atoms with E-state index in [2.05, 4.69) is 15.6 Å². The molecular formula is C12H19N3O. The standard InChI is InChI=1S/C12H19N3O/c1-16-12-4-2-3-11(15-12)14-9-10-5-7-13-8-6-10/h2-4,10,13H,5-9H2,1H3,(H,14,15). The molecule has 0 bridgehead atoms. The van der Waals surface area contributed by atoms with Gasteiger partial charge in [-0.05, 0) is 37.9 Å². The highest BCUT2D eigenvalue weighted by molar-refractivity contribution is 5.36. The molecule has 1 aliphatic rings. The predicted octanol–water partition coefficient (Wildman–Crippen LogP) is 1.50. The van der Waals surface area contributed by atoms with E-state index in [4.69, 9.17) is 4.74 Å². The number of methoxy groups -OCH3 is 1. The van der Waals surface area contributed by atoms with Crippen molar-refractivity contribution in [3.63, 3.8) is 0 Å². The Balaban J connectivity index is 1.83. The molecule has 1 aromatic heterocycles. The lowest BCUT2D eigenvalue weighted by molar-refractivity contribution is 0.387. The molecule has 88 valence electrons. The zero-order valence-corrected chi connectivity index (χ0v) is 9.70. The molecule has 2 N–H and O–H groups in total. The topological polar surface area (TPSA) is 46.2 Å². The van der Waals surface area contributed by atoms with Crippen LogP contribution in [0.1, 0.15) is 12.8 Å². The van der Waals surface area contributed by atoms with Crippen LogP contribution in [-0.2, 0) is 0 Å². The summed E-state index contributed by atoms with van der Waals surface area (Å²) in [7, 11) is 1.64. The van der Waals surface area contributed by atoms with Crippen LogP contribution in [0, 0.1) is 5.92 Å². The van der Waals surface area contributed by atoms with Crippen LogP contribution in [0.15, 0.2) is 18.2 Å². The van der Waals surface area contributed by atoms with Crippen LogP contribution in [0.2, 0.25) is 0 Å². The normalized spacial score (nSPS) is 17.1. The fourth-order valence-corrected chi connectivity index (χ4v) is 1.96. The number of ether oxygens (including phenoxy) is 1. The van der Waals surface area contributed by atoms with Crippen LogP contribution < -0.4 is 15.4 Å². The van der Waals surface area contributed by atoms with Gasteiger partial charge in [-0.1, -0.05) is 6.07 Å². The Labute approximate surface area is 96.4 Å². The minimum Gasteiger partial charge on any atom is -0.481 e. The molecule has 0 unspecified atom stereocenters. The van der Waals surface area contributed by atoms with E-state index in [1.54, 1.807) is 7.11 Å². The minimum absolute atomic E-state index is 0.662. The molecule has 0 atom stereocenters. The van der Waals surface area contributed by atoms with E-state index >= 15 is 0 Å². The van der Waals surface area contributed by atoms with Gasteiger partial charge in [0.1, 0.15) is 5.82 Å². The molecule has 2 heterocycles. The maximum atomic E-state index is 5.09.